The Morgan fingerprint density at radius 1 is 1.25 bits per heavy atom. The summed E-state index contributed by atoms with van der Waals surface area (Å²) in [6, 6.07) is 8.61. The molecule has 3 rings (SSSR count). The van der Waals surface area contributed by atoms with Gasteiger partial charge in [-0.05, 0) is 54.9 Å². The molecule has 0 spiro atoms. The highest BCUT2D eigenvalue weighted by molar-refractivity contribution is 7.07. The zero-order valence-electron chi connectivity index (χ0n) is 14.5. The molecule has 148 valence electrons. The van der Waals surface area contributed by atoms with E-state index in [0.29, 0.717) is 35.6 Å². The van der Waals surface area contributed by atoms with E-state index in [4.69, 9.17) is 10.2 Å². The Morgan fingerprint density at radius 3 is 2.61 bits per heavy atom. The van der Waals surface area contributed by atoms with E-state index in [0.717, 1.165) is 0 Å². The van der Waals surface area contributed by atoms with Gasteiger partial charge in [0.05, 0.1) is 12.0 Å². The summed E-state index contributed by atoms with van der Waals surface area (Å²) in [7, 11) is 0. The average Bonchev–Trinajstić information content (AvgIpc) is 3.29. The van der Waals surface area contributed by atoms with Gasteiger partial charge in [0.15, 0.2) is 10.6 Å². The van der Waals surface area contributed by atoms with E-state index in [1.165, 1.54) is 47.9 Å². The molecule has 0 saturated carbocycles. The van der Waals surface area contributed by atoms with E-state index in [1.54, 1.807) is 16.0 Å². The third kappa shape index (κ3) is 4.90. The van der Waals surface area contributed by atoms with Gasteiger partial charge in [0.2, 0.25) is 0 Å². The van der Waals surface area contributed by atoms with E-state index in [9.17, 15) is 18.0 Å². The molecule has 0 aliphatic heterocycles. The number of nitrogens with two attached hydrogens (primary N) is 1. The van der Waals surface area contributed by atoms with Crippen LogP contribution in [0, 0.1) is 0 Å². The Balaban J connectivity index is 1.95. The number of thiazole rings is 1. The highest BCUT2D eigenvalue weighted by atomic mass is 32.1. The van der Waals surface area contributed by atoms with Gasteiger partial charge in [0.1, 0.15) is 5.75 Å². The van der Waals surface area contributed by atoms with Gasteiger partial charge in [-0.15, -0.1) is 24.5 Å². The van der Waals surface area contributed by atoms with Crippen LogP contribution in [0.15, 0.2) is 57.5 Å². The SMILES string of the molecule is NCCCn1c(-c2ccc(OC(F)(F)F)cc2)cs/c1=N\C(=O)c1ccco1. The number of halogens is 3. The van der Waals surface area contributed by atoms with Crippen molar-refractivity contribution in [2.75, 3.05) is 6.54 Å². The summed E-state index contributed by atoms with van der Waals surface area (Å²) >= 11 is 1.24. The molecule has 1 amide bonds. The minimum atomic E-state index is -4.75. The standard InChI is InChI=1S/C18H16F3N3O3S/c19-18(20,21)27-13-6-4-12(5-7-13)14-11-28-17(24(14)9-2-8-22)23-16(25)15-3-1-10-26-15/h1,3-7,10-11H,2,8-9,22H2/b23-17-. The lowest BCUT2D eigenvalue weighted by molar-refractivity contribution is -0.274. The number of carbonyl (C=O) groups excluding carboxylic acids is 1. The summed E-state index contributed by atoms with van der Waals surface area (Å²) in [5.74, 6) is -0.708. The summed E-state index contributed by atoms with van der Waals surface area (Å²) < 4.78 is 47.7. The second-order valence-electron chi connectivity index (χ2n) is 5.66. The number of nitrogens with zero attached hydrogens (tertiary/aromatic N) is 2. The molecule has 0 fully saturated rings. The lowest BCUT2D eigenvalue weighted by Gasteiger charge is -2.11. The van der Waals surface area contributed by atoms with Crippen LogP contribution >= 0.6 is 11.3 Å². The number of furan rings is 1. The monoisotopic (exact) mass is 411 g/mol. The zero-order chi connectivity index (χ0) is 20.1. The van der Waals surface area contributed by atoms with Gasteiger partial charge in [-0.2, -0.15) is 4.99 Å². The van der Waals surface area contributed by atoms with Gasteiger partial charge in [-0.3, -0.25) is 4.79 Å². The molecule has 2 heterocycles. The third-order valence-electron chi connectivity index (χ3n) is 3.70. The van der Waals surface area contributed by atoms with Crippen molar-refractivity contribution < 1.29 is 27.1 Å². The summed E-state index contributed by atoms with van der Waals surface area (Å²) in [6.07, 6.45) is -2.72. The first-order valence-electron chi connectivity index (χ1n) is 8.24. The minimum Gasteiger partial charge on any atom is -0.459 e. The fraction of sp³-hybridized carbons (Fsp3) is 0.222. The summed E-state index contributed by atoms with van der Waals surface area (Å²) in [5, 5.41) is 1.78. The topological polar surface area (TPSA) is 82.8 Å². The number of rotatable bonds is 6. The Kier molecular flexibility index (Phi) is 6.00. The Labute approximate surface area is 161 Å². The van der Waals surface area contributed by atoms with Crippen molar-refractivity contribution in [3.8, 4) is 17.0 Å². The first-order chi connectivity index (χ1) is 13.4. The molecule has 0 atom stereocenters. The first kappa shape index (κ1) is 19.9. The fourth-order valence-corrected chi connectivity index (χ4v) is 3.42. The van der Waals surface area contributed by atoms with Gasteiger partial charge < -0.3 is 19.5 Å². The van der Waals surface area contributed by atoms with Crippen LogP contribution < -0.4 is 15.3 Å². The van der Waals surface area contributed by atoms with Crippen molar-refractivity contribution in [3.63, 3.8) is 0 Å². The highest BCUT2D eigenvalue weighted by Gasteiger charge is 2.31. The maximum absolute atomic E-state index is 12.3. The normalized spacial score (nSPS) is 12.4. The second-order valence-corrected chi connectivity index (χ2v) is 6.50. The van der Waals surface area contributed by atoms with Crippen molar-refractivity contribution in [1.29, 1.82) is 0 Å². The average molecular weight is 411 g/mol. The Bertz CT molecular complexity index is 990. The Hall–Kier alpha value is -2.85. The number of hydrogen-bond acceptors (Lipinski definition) is 5. The van der Waals surface area contributed by atoms with Crippen LogP contribution in [0.2, 0.25) is 0 Å². The number of ether oxygens (including phenoxy) is 1. The maximum atomic E-state index is 12.3. The van der Waals surface area contributed by atoms with Gasteiger partial charge in [0, 0.05) is 11.9 Å². The van der Waals surface area contributed by atoms with Crippen LogP contribution in [-0.4, -0.2) is 23.4 Å². The van der Waals surface area contributed by atoms with Gasteiger partial charge >= 0.3 is 12.3 Å². The number of hydrogen-bond donors (Lipinski definition) is 1. The minimum absolute atomic E-state index is 0.119. The summed E-state index contributed by atoms with van der Waals surface area (Å²) in [4.78, 5) is 16.8. The number of aromatic nitrogens is 1. The van der Waals surface area contributed by atoms with E-state index < -0.39 is 12.3 Å². The molecule has 6 nitrogen and oxygen atoms in total. The zero-order valence-corrected chi connectivity index (χ0v) is 15.3. The molecule has 0 radical (unpaired) electrons. The molecule has 0 bridgehead atoms. The third-order valence-corrected chi connectivity index (χ3v) is 4.56. The van der Waals surface area contributed by atoms with Crippen LogP contribution in [0.1, 0.15) is 17.0 Å². The van der Waals surface area contributed by atoms with Gasteiger partial charge in [0.25, 0.3) is 0 Å². The molecule has 2 aromatic heterocycles. The van der Waals surface area contributed by atoms with Gasteiger partial charge in [-0.1, -0.05) is 0 Å². The maximum Gasteiger partial charge on any atom is 0.573 e. The molecule has 0 unspecified atom stereocenters. The van der Waals surface area contributed by atoms with Crippen molar-refractivity contribution in [1.82, 2.24) is 4.57 Å². The lowest BCUT2D eigenvalue weighted by atomic mass is 10.1. The molecule has 28 heavy (non-hydrogen) atoms. The molecule has 2 N–H and O–H groups in total. The predicted molar refractivity (Wildman–Crippen MR) is 96.7 cm³/mol. The second kappa shape index (κ2) is 8.44. The molecule has 0 aliphatic carbocycles. The van der Waals surface area contributed by atoms with E-state index in [2.05, 4.69) is 9.73 Å². The van der Waals surface area contributed by atoms with E-state index in [1.807, 2.05) is 0 Å². The van der Waals surface area contributed by atoms with E-state index >= 15 is 0 Å². The van der Waals surface area contributed by atoms with Crippen LogP contribution in [-0.2, 0) is 6.54 Å². The van der Waals surface area contributed by atoms with Gasteiger partial charge in [-0.25, -0.2) is 0 Å². The van der Waals surface area contributed by atoms with Crippen molar-refractivity contribution in [2.24, 2.45) is 10.7 Å². The smallest absolute Gasteiger partial charge is 0.459 e. The predicted octanol–water partition coefficient (Wildman–Crippen LogP) is 3.80. The quantitative estimate of drug-likeness (QED) is 0.669. The van der Waals surface area contributed by atoms with Crippen LogP contribution in [0.3, 0.4) is 0 Å². The van der Waals surface area contributed by atoms with Crippen molar-refractivity contribution >= 4 is 17.2 Å². The molecule has 1 aromatic carbocycles. The molecule has 0 saturated heterocycles. The van der Waals surface area contributed by atoms with E-state index in [-0.39, 0.29) is 11.5 Å². The molecular formula is C18H16F3N3O3S. The molecule has 0 aliphatic rings. The van der Waals surface area contributed by atoms with Crippen molar-refractivity contribution in [2.45, 2.75) is 19.3 Å². The number of alkyl halides is 3. The number of carbonyl (C=O) groups is 1. The highest BCUT2D eigenvalue weighted by Crippen LogP contribution is 2.27. The summed E-state index contributed by atoms with van der Waals surface area (Å²) in [6.45, 7) is 0.937. The van der Waals surface area contributed by atoms with Crippen LogP contribution in [0.5, 0.6) is 5.75 Å². The van der Waals surface area contributed by atoms with Crippen molar-refractivity contribution in [3.05, 3.63) is 58.6 Å². The number of amides is 1. The summed E-state index contributed by atoms with van der Waals surface area (Å²) in [5.41, 5.74) is 6.97. The Morgan fingerprint density at radius 2 is 2.00 bits per heavy atom. The van der Waals surface area contributed by atoms with Crippen LogP contribution in [0.4, 0.5) is 13.2 Å². The molecular weight excluding hydrogens is 395 g/mol. The molecule has 3 aromatic rings. The fourth-order valence-electron chi connectivity index (χ4n) is 2.48. The lowest BCUT2D eigenvalue weighted by Crippen LogP contribution is -2.20. The van der Waals surface area contributed by atoms with Crippen LogP contribution in [0.25, 0.3) is 11.3 Å². The number of benzene rings is 1. The molecule has 10 heteroatoms. The largest absolute Gasteiger partial charge is 0.573 e. The first-order valence-corrected chi connectivity index (χ1v) is 9.12.